The Kier molecular flexibility index (Phi) is 5.81. The molecule has 1 spiro atoms. The fourth-order valence-corrected chi connectivity index (χ4v) is 4.56. The maximum atomic E-state index is 12.8. The molecule has 2 heterocycles. The number of benzene rings is 1. The van der Waals surface area contributed by atoms with Crippen molar-refractivity contribution in [2.45, 2.75) is 63.3 Å². The lowest BCUT2D eigenvalue weighted by Gasteiger charge is -2.30. The van der Waals surface area contributed by atoms with Gasteiger partial charge < -0.3 is 20.1 Å². The molecular formula is C23H31N3O5. The monoisotopic (exact) mass is 429 g/mol. The van der Waals surface area contributed by atoms with Crippen molar-refractivity contribution in [2.24, 2.45) is 0 Å². The number of rotatable bonds is 6. The number of urea groups is 1. The third-order valence-electron chi connectivity index (χ3n) is 6.57. The smallest absolute Gasteiger partial charge is 0.325 e. The van der Waals surface area contributed by atoms with E-state index in [0.717, 1.165) is 36.3 Å². The number of carbonyl (C=O) groups is 3. The van der Waals surface area contributed by atoms with Crippen LogP contribution in [0.5, 0.6) is 11.5 Å². The summed E-state index contributed by atoms with van der Waals surface area (Å²) in [7, 11) is 0. The van der Waals surface area contributed by atoms with E-state index in [1.165, 1.54) is 4.90 Å². The number of fused-ring (bicyclic) bond motifs is 1. The van der Waals surface area contributed by atoms with Crippen LogP contribution in [0.1, 0.15) is 57.9 Å². The van der Waals surface area contributed by atoms with Crippen LogP contribution in [0.4, 0.5) is 4.79 Å². The van der Waals surface area contributed by atoms with Crippen molar-refractivity contribution in [3.63, 3.8) is 0 Å². The van der Waals surface area contributed by atoms with E-state index in [9.17, 15) is 14.4 Å². The fourth-order valence-electron chi connectivity index (χ4n) is 4.56. The van der Waals surface area contributed by atoms with Gasteiger partial charge in [-0.05, 0) is 30.5 Å². The highest BCUT2D eigenvalue weighted by atomic mass is 16.6. The number of hydrogen-bond acceptors (Lipinski definition) is 5. The minimum absolute atomic E-state index is 0.0897. The molecule has 8 heteroatoms. The third-order valence-corrected chi connectivity index (χ3v) is 6.57. The van der Waals surface area contributed by atoms with Crippen molar-refractivity contribution >= 4 is 17.8 Å². The Labute approximate surface area is 182 Å². The largest absolute Gasteiger partial charge is 0.486 e. The van der Waals surface area contributed by atoms with Crippen LogP contribution in [-0.2, 0) is 15.0 Å². The first-order chi connectivity index (χ1) is 14.8. The van der Waals surface area contributed by atoms with E-state index in [1.54, 1.807) is 0 Å². The quantitative estimate of drug-likeness (QED) is 0.678. The molecule has 0 bridgehead atoms. The Morgan fingerprint density at radius 1 is 1.13 bits per heavy atom. The van der Waals surface area contributed by atoms with Crippen LogP contribution < -0.4 is 20.1 Å². The lowest BCUT2D eigenvalue weighted by Crippen LogP contribution is -2.48. The van der Waals surface area contributed by atoms with Gasteiger partial charge in [0.25, 0.3) is 5.91 Å². The lowest BCUT2D eigenvalue weighted by molar-refractivity contribution is -0.132. The molecule has 3 aliphatic rings. The predicted octanol–water partition coefficient (Wildman–Crippen LogP) is 2.50. The van der Waals surface area contributed by atoms with Gasteiger partial charge in [0.2, 0.25) is 5.91 Å². The molecule has 8 nitrogen and oxygen atoms in total. The van der Waals surface area contributed by atoms with Gasteiger partial charge in [0, 0.05) is 24.9 Å². The zero-order chi connectivity index (χ0) is 22.1. The standard InChI is InChI=1S/C23H31N3O5/c1-22(2,16-6-7-17-18(14-16)31-13-12-30-17)15-24-19(27)8-11-26-20(28)23(25-21(26)29)9-4-3-5-10-23/h6-7,14H,3-5,8-13,15H2,1-2H3,(H,24,27)(H,25,29). The predicted molar refractivity (Wildman–Crippen MR) is 114 cm³/mol. The van der Waals surface area contributed by atoms with Crippen LogP contribution in [0.15, 0.2) is 18.2 Å². The molecule has 2 fully saturated rings. The van der Waals surface area contributed by atoms with E-state index in [0.29, 0.717) is 32.6 Å². The average molecular weight is 430 g/mol. The molecule has 1 aromatic carbocycles. The van der Waals surface area contributed by atoms with Crippen LogP contribution in [0.2, 0.25) is 0 Å². The van der Waals surface area contributed by atoms with Crippen molar-refractivity contribution in [1.82, 2.24) is 15.5 Å². The van der Waals surface area contributed by atoms with Crippen LogP contribution >= 0.6 is 0 Å². The van der Waals surface area contributed by atoms with E-state index in [1.807, 2.05) is 32.0 Å². The molecule has 1 aromatic rings. The first-order valence-electron chi connectivity index (χ1n) is 11.1. The number of hydrogen-bond donors (Lipinski definition) is 2. The number of nitrogens with one attached hydrogen (secondary N) is 2. The van der Waals surface area contributed by atoms with Gasteiger partial charge in [0.1, 0.15) is 18.8 Å². The van der Waals surface area contributed by atoms with Crippen LogP contribution in [0.3, 0.4) is 0 Å². The zero-order valence-corrected chi connectivity index (χ0v) is 18.3. The topological polar surface area (TPSA) is 97.0 Å². The molecule has 31 heavy (non-hydrogen) atoms. The molecule has 0 atom stereocenters. The molecule has 1 aliphatic carbocycles. The summed E-state index contributed by atoms with van der Waals surface area (Å²) in [5.41, 5.74) is -0.0322. The van der Waals surface area contributed by atoms with Crippen LogP contribution in [0, 0.1) is 0 Å². The lowest BCUT2D eigenvalue weighted by atomic mass is 9.82. The molecule has 0 unspecified atom stereocenters. The van der Waals surface area contributed by atoms with Gasteiger partial charge in [0.05, 0.1) is 0 Å². The van der Waals surface area contributed by atoms with Gasteiger partial charge in [-0.3, -0.25) is 14.5 Å². The summed E-state index contributed by atoms with van der Waals surface area (Å²) in [5.74, 6) is 1.09. The van der Waals surface area contributed by atoms with Gasteiger partial charge in [-0.2, -0.15) is 0 Å². The molecule has 168 valence electrons. The second-order valence-electron chi connectivity index (χ2n) is 9.30. The summed E-state index contributed by atoms with van der Waals surface area (Å²) in [6, 6.07) is 5.46. The number of nitrogens with zero attached hydrogens (tertiary/aromatic N) is 1. The molecule has 1 saturated heterocycles. The van der Waals surface area contributed by atoms with E-state index in [-0.39, 0.29) is 36.2 Å². The van der Waals surface area contributed by atoms with Crippen molar-refractivity contribution in [3.05, 3.63) is 23.8 Å². The molecule has 1 saturated carbocycles. The van der Waals surface area contributed by atoms with Gasteiger partial charge in [-0.1, -0.05) is 39.2 Å². The Morgan fingerprint density at radius 2 is 1.84 bits per heavy atom. The van der Waals surface area contributed by atoms with E-state index in [4.69, 9.17) is 9.47 Å². The summed E-state index contributed by atoms with van der Waals surface area (Å²) in [4.78, 5) is 38.8. The minimum atomic E-state index is -0.744. The minimum Gasteiger partial charge on any atom is -0.486 e. The molecule has 0 radical (unpaired) electrons. The SMILES string of the molecule is CC(C)(CNC(=O)CCN1C(=O)NC2(CCCCC2)C1=O)c1ccc2c(c1)OCCO2. The first kappa shape index (κ1) is 21.5. The number of carbonyl (C=O) groups excluding carboxylic acids is 3. The van der Waals surface area contributed by atoms with Gasteiger partial charge in [-0.15, -0.1) is 0 Å². The summed E-state index contributed by atoms with van der Waals surface area (Å²) in [6.07, 6.45) is 4.43. The summed E-state index contributed by atoms with van der Waals surface area (Å²) in [5, 5.41) is 5.82. The number of imide groups is 1. The molecule has 4 rings (SSSR count). The Balaban J connectivity index is 1.30. The highest BCUT2D eigenvalue weighted by Gasteiger charge is 2.51. The Hall–Kier alpha value is -2.77. The first-order valence-corrected chi connectivity index (χ1v) is 11.1. The van der Waals surface area contributed by atoms with E-state index in [2.05, 4.69) is 10.6 Å². The van der Waals surface area contributed by atoms with Crippen molar-refractivity contribution < 1.29 is 23.9 Å². The van der Waals surface area contributed by atoms with Gasteiger partial charge >= 0.3 is 6.03 Å². The number of ether oxygens (including phenoxy) is 2. The second kappa shape index (κ2) is 8.40. The van der Waals surface area contributed by atoms with Crippen LogP contribution in [0.25, 0.3) is 0 Å². The number of amides is 4. The van der Waals surface area contributed by atoms with Crippen molar-refractivity contribution in [3.8, 4) is 11.5 Å². The Bertz CT molecular complexity index is 876. The van der Waals surface area contributed by atoms with Gasteiger partial charge in [0.15, 0.2) is 11.5 Å². The van der Waals surface area contributed by atoms with Crippen molar-refractivity contribution in [1.29, 1.82) is 0 Å². The summed E-state index contributed by atoms with van der Waals surface area (Å²) >= 11 is 0. The van der Waals surface area contributed by atoms with Crippen LogP contribution in [-0.4, -0.2) is 54.6 Å². The average Bonchev–Trinajstić information content (AvgIpc) is 2.99. The molecular weight excluding hydrogens is 398 g/mol. The summed E-state index contributed by atoms with van der Waals surface area (Å²) in [6.45, 7) is 5.69. The normalized spacial score (nSPS) is 20.0. The molecule has 2 N–H and O–H groups in total. The molecule has 2 aliphatic heterocycles. The molecule has 0 aromatic heterocycles. The second-order valence-corrected chi connectivity index (χ2v) is 9.30. The maximum absolute atomic E-state index is 12.8. The Morgan fingerprint density at radius 3 is 2.58 bits per heavy atom. The van der Waals surface area contributed by atoms with E-state index >= 15 is 0 Å². The maximum Gasteiger partial charge on any atom is 0.325 e. The van der Waals surface area contributed by atoms with Crippen molar-refractivity contribution in [2.75, 3.05) is 26.3 Å². The zero-order valence-electron chi connectivity index (χ0n) is 18.3. The highest BCUT2D eigenvalue weighted by Crippen LogP contribution is 2.35. The fraction of sp³-hybridized carbons (Fsp3) is 0.609. The van der Waals surface area contributed by atoms with Gasteiger partial charge in [-0.25, -0.2) is 4.79 Å². The summed E-state index contributed by atoms with van der Waals surface area (Å²) < 4.78 is 11.2. The molecule has 4 amide bonds. The highest BCUT2D eigenvalue weighted by molar-refractivity contribution is 6.07. The van der Waals surface area contributed by atoms with E-state index < -0.39 is 5.54 Å². The third kappa shape index (κ3) is 4.34.